The Morgan fingerprint density at radius 2 is 1.74 bits per heavy atom. The Morgan fingerprint density at radius 1 is 1.00 bits per heavy atom. The molecule has 6 nitrogen and oxygen atoms in total. The van der Waals surface area contributed by atoms with Gasteiger partial charge >= 0.3 is 5.69 Å². The quantitative estimate of drug-likeness (QED) is 0.471. The molecule has 0 N–H and O–H groups in total. The van der Waals surface area contributed by atoms with Crippen molar-refractivity contribution in [1.29, 1.82) is 0 Å². The van der Waals surface area contributed by atoms with Gasteiger partial charge in [0, 0.05) is 6.54 Å². The molecular weight excluding hydrogens is 395 g/mol. The van der Waals surface area contributed by atoms with Crippen LogP contribution in [-0.2, 0) is 6.54 Å². The summed E-state index contributed by atoms with van der Waals surface area (Å²) in [6.07, 6.45) is 2.25. The molecule has 0 radical (unpaired) electrons. The predicted octanol–water partition coefficient (Wildman–Crippen LogP) is 4.14. The molecule has 0 bridgehead atoms. The smallest absolute Gasteiger partial charge is 0.317 e. The first-order valence-electron chi connectivity index (χ1n) is 10.4. The molecular formula is C24H25FN4O2. The van der Waals surface area contributed by atoms with Crippen molar-refractivity contribution in [2.75, 3.05) is 0 Å². The van der Waals surface area contributed by atoms with Crippen molar-refractivity contribution in [3.05, 3.63) is 93.1 Å². The number of rotatable bonds is 6. The van der Waals surface area contributed by atoms with Crippen molar-refractivity contribution < 1.29 is 4.39 Å². The third kappa shape index (κ3) is 3.83. The van der Waals surface area contributed by atoms with Crippen molar-refractivity contribution >= 4 is 11.2 Å². The summed E-state index contributed by atoms with van der Waals surface area (Å²) in [5.74, 6) is -0.146. The Labute approximate surface area is 179 Å². The highest BCUT2D eigenvalue weighted by atomic mass is 19.1. The zero-order valence-corrected chi connectivity index (χ0v) is 17.8. The van der Waals surface area contributed by atoms with E-state index in [1.54, 1.807) is 17.0 Å². The summed E-state index contributed by atoms with van der Waals surface area (Å²) in [5, 5.41) is 0. The lowest BCUT2D eigenvalue weighted by molar-refractivity contribution is 0.491. The minimum Gasteiger partial charge on any atom is -0.317 e. The fourth-order valence-electron chi connectivity index (χ4n) is 3.77. The van der Waals surface area contributed by atoms with Crippen LogP contribution in [0.3, 0.4) is 0 Å². The number of fused-ring (bicyclic) bond motifs is 1. The molecule has 160 valence electrons. The molecule has 1 atom stereocenters. The third-order valence-electron chi connectivity index (χ3n) is 5.55. The molecule has 7 heteroatoms. The topological polar surface area (TPSA) is 61.8 Å². The maximum atomic E-state index is 14.0. The molecule has 0 aliphatic carbocycles. The molecule has 0 aliphatic rings. The fourth-order valence-corrected chi connectivity index (χ4v) is 3.77. The lowest BCUT2D eigenvalue weighted by Gasteiger charge is -2.17. The van der Waals surface area contributed by atoms with Crippen molar-refractivity contribution in [2.45, 2.75) is 39.8 Å². The first-order chi connectivity index (χ1) is 14.9. The highest BCUT2D eigenvalue weighted by Gasteiger charge is 2.22. The third-order valence-corrected chi connectivity index (χ3v) is 5.55. The van der Waals surface area contributed by atoms with Crippen LogP contribution in [0.2, 0.25) is 0 Å². The van der Waals surface area contributed by atoms with Gasteiger partial charge in [0.1, 0.15) is 5.82 Å². The zero-order valence-electron chi connectivity index (χ0n) is 17.8. The molecule has 0 aliphatic heterocycles. The van der Waals surface area contributed by atoms with Crippen LogP contribution in [0.1, 0.15) is 38.8 Å². The Bertz CT molecular complexity index is 1340. The monoisotopic (exact) mass is 420 g/mol. The van der Waals surface area contributed by atoms with Crippen LogP contribution < -0.4 is 11.2 Å². The van der Waals surface area contributed by atoms with Gasteiger partial charge in [-0.2, -0.15) is 0 Å². The first kappa shape index (κ1) is 20.8. The van der Waals surface area contributed by atoms with Crippen LogP contribution in [0.4, 0.5) is 4.39 Å². The minimum atomic E-state index is -0.513. The second-order valence-electron chi connectivity index (χ2n) is 8.15. The number of hydrogen-bond donors (Lipinski definition) is 0. The van der Waals surface area contributed by atoms with E-state index in [4.69, 9.17) is 0 Å². The van der Waals surface area contributed by atoms with Gasteiger partial charge in [0.15, 0.2) is 11.2 Å². The first-order valence-corrected chi connectivity index (χ1v) is 10.4. The summed E-state index contributed by atoms with van der Waals surface area (Å²) in [4.78, 5) is 31.2. The van der Waals surface area contributed by atoms with E-state index in [2.05, 4.69) is 4.98 Å². The number of imidazole rings is 1. The van der Waals surface area contributed by atoms with Gasteiger partial charge in [0.2, 0.25) is 0 Å². The summed E-state index contributed by atoms with van der Waals surface area (Å²) in [7, 11) is 0. The maximum absolute atomic E-state index is 14.0. The van der Waals surface area contributed by atoms with Crippen LogP contribution in [0.15, 0.2) is 70.5 Å². The number of nitrogens with zero attached hydrogens (tertiary/aromatic N) is 4. The second-order valence-corrected chi connectivity index (χ2v) is 8.15. The largest absolute Gasteiger partial charge is 0.337 e. The molecule has 0 saturated heterocycles. The van der Waals surface area contributed by atoms with Gasteiger partial charge in [-0.1, -0.05) is 50.2 Å². The molecule has 0 spiro atoms. The van der Waals surface area contributed by atoms with Crippen LogP contribution in [0.25, 0.3) is 16.9 Å². The van der Waals surface area contributed by atoms with Crippen molar-refractivity contribution in [3.63, 3.8) is 0 Å². The number of hydrogen-bond acceptors (Lipinski definition) is 3. The molecule has 0 amide bonds. The average Bonchev–Trinajstić information content (AvgIpc) is 3.18. The minimum absolute atomic E-state index is 0.170. The number of halogens is 1. The Morgan fingerprint density at radius 3 is 2.42 bits per heavy atom. The van der Waals surface area contributed by atoms with E-state index < -0.39 is 11.5 Å². The summed E-state index contributed by atoms with van der Waals surface area (Å²) >= 11 is 0. The standard InChI is InChI=1S/C24H25FN4O2/c1-16(2)12-13-27-23(30)21-22(29(24(27)31)20-11-7-10-19(25)14-20)26-15-28(21)17(3)18-8-5-4-6-9-18/h4-11,14-17H,12-13H2,1-3H3. The van der Waals surface area contributed by atoms with Gasteiger partial charge in [0.05, 0.1) is 18.1 Å². The molecule has 0 saturated carbocycles. The summed E-state index contributed by atoms with van der Waals surface area (Å²) < 4.78 is 18.3. The predicted molar refractivity (Wildman–Crippen MR) is 119 cm³/mol. The summed E-state index contributed by atoms with van der Waals surface area (Å²) in [6.45, 7) is 6.34. The van der Waals surface area contributed by atoms with Gasteiger partial charge in [-0.25, -0.2) is 18.7 Å². The molecule has 31 heavy (non-hydrogen) atoms. The van der Waals surface area contributed by atoms with Gasteiger partial charge in [0.25, 0.3) is 5.56 Å². The SMILES string of the molecule is CC(C)CCn1c(=O)c2c(ncn2C(C)c2ccccc2)n(-c2cccc(F)c2)c1=O. The van der Waals surface area contributed by atoms with Crippen molar-refractivity contribution in [3.8, 4) is 5.69 Å². The molecule has 1 unspecified atom stereocenters. The van der Waals surface area contributed by atoms with Crippen LogP contribution >= 0.6 is 0 Å². The van der Waals surface area contributed by atoms with E-state index in [9.17, 15) is 14.0 Å². The molecule has 2 heterocycles. The summed E-state index contributed by atoms with van der Waals surface area (Å²) in [6, 6.07) is 15.4. The number of aromatic nitrogens is 4. The number of benzene rings is 2. The molecule has 2 aromatic carbocycles. The van der Waals surface area contributed by atoms with Gasteiger partial charge in [-0.3, -0.25) is 9.36 Å². The Balaban J connectivity index is 2.02. The van der Waals surface area contributed by atoms with Crippen LogP contribution in [-0.4, -0.2) is 18.7 Å². The zero-order chi connectivity index (χ0) is 22.1. The Hall–Kier alpha value is -3.48. The van der Waals surface area contributed by atoms with E-state index in [0.717, 1.165) is 5.56 Å². The highest BCUT2D eigenvalue weighted by molar-refractivity contribution is 5.72. The van der Waals surface area contributed by atoms with E-state index >= 15 is 0 Å². The molecule has 4 aromatic rings. The molecule has 4 rings (SSSR count). The Kier molecular flexibility index (Phi) is 5.59. The van der Waals surface area contributed by atoms with Crippen LogP contribution in [0, 0.1) is 11.7 Å². The van der Waals surface area contributed by atoms with Gasteiger partial charge in [-0.15, -0.1) is 0 Å². The average molecular weight is 420 g/mol. The van der Waals surface area contributed by atoms with E-state index in [1.165, 1.54) is 27.3 Å². The second kappa shape index (κ2) is 8.34. The fraction of sp³-hybridized carbons (Fsp3) is 0.292. The maximum Gasteiger partial charge on any atom is 0.337 e. The van der Waals surface area contributed by atoms with Crippen LogP contribution in [0.5, 0.6) is 0 Å². The van der Waals surface area contributed by atoms with E-state index in [-0.39, 0.29) is 23.8 Å². The molecule has 2 aromatic heterocycles. The van der Waals surface area contributed by atoms with E-state index in [1.807, 2.05) is 51.1 Å². The lowest BCUT2D eigenvalue weighted by atomic mass is 10.1. The van der Waals surface area contributed by atoms with Crippen molar-refractivity contribution in [1.82, 2.24) is 18.7 Å². The van der Waals surface area contributed by atoms with E-state index in [0.29, 0.717) is 23.5 Å². The highest BCUT2D eigenvalue weighted by Crippen LogP contribution is 2.22. The van der Waals surface area contributed by atoms with Crippen molar-refractivity contribution in [2.24, 2.45) is 5.92 Å². The normalized spacial score (nSPS) is 12.5. The van der Waals surface area contributed by atoms with Gasteiger partial charge in [-0.05, 0) is 43.0 Å². The molecule has 0 fully saturated rings. The lowest BCUT2D eigenvalue weighted by Crippen LogP contribution is -2.40. The van der Waals surface area contributed by atoms with Gasteiger partial charge < -0.3 is 4.57 Å². The summed E-state index contributed by atoms with van der Waals surface area (Å²) in [5.41, 5.74) is 1.01.